The Morgan fingerprint density at radius 1 is 1.12 bits per heavy atom. The molecule has 0 atom stereocenters. The molecule has 6 heteroatoms. The molecule has 1 amide bonds. The number of pyridine rings is 1. The number of carbonyl (C=O) groups excluding carboxylic acids is 1. The second-order valence-electron chi connectivity index (χ2n) is 5.78. The number of hydrogen-bond donors (Lipinski definition) is 3. The molecule has 0 saturated heterocycles. The maximum Gasteiger partial charge on any atom is 0.226 e. The van der Waals surface area contributed by atoms with Gasteiger partial charge in [0.2, 0.25) is 5.91 Å². The molecule has 1 aromatic carbocycles. The third-order valence-corrected chi connectivity index (χ3v) is 3.78. The van der Waals surface area contributed by atoms with E-state index < -0.39 is 0 Å². The molecule has 0 spiro atoms. The Morgan fingerprint density at radius 3 is 2.76 bits per heavy atom. The number of aromatic amines is 1. The second-order valence-corrected chi connectivity index (χ2v) is 5.78. The van der Waals surface area contributed by atoms with Crippen molar-refractivity contribution in [3.63, 3.8) is 0 Å². The normalized spacial score (nSPS) is 10.6. The number of anilines is 1. The van der Waals surface area contributed by atoms with E-state index in [9.17, 15) is 4.79 Å². The van der Waals surface area contributed by atoms with E-state index in [0.29, 0.717) is 25.3 Å². The van der Waals surface area contributed by atoms with Gasteiger partial charge < -0.3 is 10.6 Å². The van der Waals surface area contributed by atoms with Gasteiger partial charge in [0, 0.05) is 30.8 Å². The molecule has 0 saturated carbocycles. The minimum atomic E-state index is -0.0546. The molecule has 3 aromatic rings. The van der Waals surface area contributed by atoms with Gasteiger partial charge in [-0.1, -0.05) is 36.4 Å². The summed E-state index contributed by atoms with van der Waals surface area (Å²) in [6.07, 6.45) is 2.19. The molecular weight excluding hydrogens is 314 g/mol. The fraction of sp³-hybridized carbons (Fsp3) is 0.211. The average molecular weight is 335 g/mol. The van der Waals surface area contributed by atoms with Crippen LogP contribution in [-0.2, 0) is 11.3 Å². The van der Waals surface area contributed by atoms with Crippen molar-refractivity contribution >= 4 is 11.7 Å². The van der Waals surface area contributed by atoms with Gasteiger partial charge in [0.25, 0.3) is 0 Å². The highest BCUT2D eigenvalue weighted by Gasteiger charge is 2.08. The summed E-state index contributed by atoms with van der Waals surface area (Å²) in [6.45, 7) is 3.13. The number of hydrogen-bond acceptors (Lipinski definition) is 4. The third-order valence-electron chi connectivity index (χ3n) is 3.78. The summed E-state index contributed by atoms with van der Waals surface area (Å²) in [7, 11) is 0. The molecule has 0 aliphatic carbocycles. The first-order chi connectivity index (χ1) is 12.2. The van der Waals surface area contributed by atoms with Crippen LogP contribution in [0.1, 0.15) is 17.7 Å². The van der Waals surface area contributed by atoms with E-state index in [1.54, 1.807) is 6.07 Å². The van der Waals surface area contributed by atoms with Crippen LogP contribution in [0.25, 0.3) is 11.3 Å². The van der Waals surface area contributed by atoms with E-state index in [4.69, 9.17) is 0 Å². The lowest BCUT2D eigenvalue weighted by Crippen LogP contribution is -2.22. The molecule has 2 heterocycles. The Bertz CT molecular complexity index is 829. The van der Waals surface area contributed by atoms with Crippen LogP contribution in [0, 0.1) is 6.92 Å². The highest BCUT2D eigenvalue weighted by molar-refractivity contribution is 5.89. The lowest BCUT2D eigenvalue weighted by molar-refractivity contribution is -0.116. The highest BCUT2D eigenvalue weighted by Crippen LogP contribution is 2.20. The Morgan fingerprint density at radius 2 is 1.96 bits per heavy atom. The maximum atomic E-state index is 12.0. The first-order valence-corrected chi connectivity index (χ1v) is 8.24. The molecule has 25 heavy (non-hydrogen) atoms. The van der Waals surface area contributed by atoms with Gasteiger partial charge in [-0.05, 0) is 24.6 Å². The van der Waals surface area contributed by atoms with Gasteiger partial charge in [0.05, 0.1) is 11.9 Å². The summed E-state index contributed by atoms with van der Waals surface area (Å²) in [5.74, 6) is 0.535. The number of H-pyrrole nitrogens is 1. The Hall–Kier alpha value is -2.99. The molecule has 0 radical (unpaired) electrons. The summed E-state index contributed by atoms with van der Waals surface area (Å²) >= 11 is 0. The Labute approximate surface area is 146 Å². The molecular formula is C19H21N5O. The summed E-state index contributed by atoms with van der Waals surface area (Å²) in [6, 6.07) is 15.6. The van der Waals surface area contributed by atoms with Gasteiger partial charge in [-0.15, -0.1) is 0 Å². The van der Waals surface area contributed by atoms with Crippen molar-refractivity contribution < 1.29 is 4.79 Å². The van der Waals surface area contributed by atoms with Gasteiger partial charge in [-0.2, -0.15) is 5.10 Å². The van der Waals surface area contributed by atoms with Crippen LogP contribution in [0.4, 0.5) is 5.82 Å². The molecule has 3 N–H and O–H groups in total. The number of rotatable bonds is 7. The van der Waals surface area contributed by atoms with Crippen molar-refractivity contribution in [2.45, 2.75) is 19.9 Å². The first-order valence-electron chi connectivity index (χ1n) is 8.24. The van der Waals surface area contributed by atoms with Crippen LogP contribution in [0.15, 0.2) is 54.7 Å². The quantitative estimate of drug-likeness (QED) is 0.580. The van der Waals surface area contributed by atoms with Crippen molar-refractivity contribution in [2.75, 3.05) is 11.9 Å². The molecule has 0 fully saturated rings. The lowest BCUT2D eigenvalue weighted by Gasteiger charge is -2.07. The zero-order valence-electron chi connectivity index (χ0n) is 14.1. The van der Waals surface area contributed by atoms with E-state index in [1.807, 2.05) is 55.6 Å². The number of carbonyl (C=O) groups is 1. The first kappa shape index (κ1) is 16.9. The highest BCUT2D eigenvalue weighted by atomic mass is 16.1. The number of aryl methyl sites for hydroxylation is 1. The smallest absolute Gasteiger partial charge is 0.226 e. The number of nitrogens with one attached hydrogen (secondary N) is 3. The largest absolute Gasteiger partial charge is 0.312 e. The average Bonchev–Trinajstić information content (AvgIpc) is 3.08. The third kappa shape index (κ3) is 4.74. The topological polar surface area (TPSA) is 82.7 Å². The number of benzene rings is 1. The Balaban J connectivity index is 1.46. The molecule has 0 aliphatic rings. The summed E-state index contributed by atoms with van der Waals surface area (Å²) in [5, 5.41) is 13.2. The van der Waals surface area contributed by atoms with E-state index in [1.165, 1.54) is 0 Å². The second kappa shape index (κ2) is 8.21. The van der Waals surface area contributed by atoms with Gasteiger partial charge in [0.1, 0.15) is 5.82 Å². The SMILES string of the molecule is Cc1cccc(NC(=O)CCNCc2cn[nH]c2-c2ccccc2)n1. The summed E-state index contributed by atoms with van der Waals surface area (Å²) in [5.41, 5.74) is 4.05. The number of aromatic nitrogens is 3. The van der Waals surface area contributed by atoms with Gasteiger partial charge in [0.15, 0.2) is 0 Å². The number of nitrogens with zero attached hydrogens (tertiary/aromatic N) is 2. The predicted molar refractivity (Wildman–Crippen MR) is 98.0 cm³/mol. The molecule has 0 aliphatic heterocycles. The van der Waals surface area contributed by atoms with Crippen molar-refractivity contribution in [1.82, 2.24) is 20.5 Å². The van der Waals surface area contributed by atoms with Crippen LogP contribution < -0.4 is 10.6 Å². The molecule has 128 valence electrons. The van der Waals surface area contributed by atoms with Crippen LogP contribution in [-0.4, -0.2) is 27.6 Å². The standard InChI is InChI=1S/C19H21N5O/c1-14-6-5-9-17(22-14)23-18(25)10-11-20-12-16-13-21-24-19(16)15-7-3-2-4-8-15/h2-9,13,20H,10-12H2,1H3,(H,21,24)(H,22,23,25). The zero-order chi connectivity index (χ0) is 17.5. The summed E-state index contributed by atoms with van der Waals surface area (Å²) in [4.78, 5) is 16.2. The molecule has 0 bridgehead atoms. The van der Waals surface area contributed by atoms with Crippen LogP contribution in [0.3, 0.4) is 0 Å². The fourth-order valence-electron chi connectivity index (χ4n) is 2.54. The predicted octanol–water partition coefficient (Wildman–Crippen LogP) is 2.90. The van der Waals surface area contributed by atoms with E-state index >= 15 is 0 Å². The van der Waals surface area contributed by atoms with E-state index in [0.717, 1.165) is 22.5 Å². The zero-order valence-corrected chi connectivity index (χ0v) is 14.1. The number of amides is 1. The van der Waals surface area contributed by atoms with Gasteiger partial charge in [-0.25, -0.2) is 4.98 Å². The minimum Gasteiger partial charge on any atom is -0.312 e. The summed E-state index contributed by atoms with van der Waals surface area (Å²) < 4.78 is 0. The van der Waals surface area contributed by atoms with E-state index in [-0.39, 0.29) is 5.91 Å². The van der Waals surface area contributed by atoms with Crippen LogP contribution in [0.5, 0.6) is 0 Å². The van der Waals surface area contributed by atoms with Gasteiger partial charge in [-0.3, -0.25) is 9.89 Å². The van der Waals surface area contributed by atoms with Crippen molar-refractivity contribution in [2.24, 2.45) is 0 Å². The maximum absolute atomic E-state index is 12.0. The minimum absolute atomic E-state index is 0.0546. The molecule has 6 nitrogen and oxygen atoms in total. The van der Waals surface area contributed by atoms with Crippen LogP contribution >= 0.6 is 0 Å². The van der Waals surface area contributed by atoms with Crippen molar-refractivity contribution in [1.29, 1.82) is 0 Å². The lowest BCUT2D eigenvalue weighted by atomic mass is 10.1. The van der Waals surface area contributed by atoms with Gasteiger partial charge >= 0.3 is 0 Å². The fourth-order valence-corrected chi connectivity index (χ4v) is 2.54. The molecule has 3 rings (SSSR count). The molecule has 0 unspecified atom stereocenters. The van der Waals surface area contributed by atoms with Crippen molar-refractivity contribution in [3.05, 3.63) is 66.0 Å². The van der Waals surface area contributed by atoms with E-state index in [2.05, 4.69) is 25.8 Å². The molecule has 2 aromatic heterocycles. The monoisotopic (exact) mass is 335 g/mol. The van der Waals surface area contributed by atoms with Crippen molar-refractivity contribution in [3.8, 4) is 11.3 Å². The Kier molecular flexibility index (Phi) is 5.53. The van der Waals surface area contributed by atoms with Crippen LogP contribution in [0.2, 0.25) is 0 Å².